The van der Waals surface area contributed by atoms with Crippen LogP contribution in [0.15, 0.2) is 54.6 Å². The van der Waals surface area contributed by atoms with Crippen molar-refractivity contribution in [3.05, 3.63) is 60.2 Å². The summed E-state index contributed by atoms with van der Waals surface area (Å²) >= 11 is 0. The van der Waals surface area contributed by atoms with Crippen molar-refractivity contribution in [2.75, 3.05) is 31.6 Å². The number of nitrogens with one attached hydrogen (secondary N) is 1. The molecule has 1 aliphatic rings. The molecule has 0 bridgehead atoms. The molecule has 3 heteroatoms. The summed E-state index contributed by atoms with van der Waals surface area (Å²) in [6, 6.07) is 19.6. The molecule has 0 radical (unpaired) electrons. The molecule has 1 unspecified atom stereocenters. The summed E-state index contributed by atoms with van der Waals surface area (Å²) in [6.07, 6.45) is 1.03. The Morgan fingerprint density at radius 2 is 2.00 bits per heavy atom. The normalized spacial score (nSPS) is 18.5. The average molecular weight is 282 g/mol. The van der Waals surface area contributed by atoms with Gasteiger partial charge in [0.05, 0.1) is 7.11 Å². The maximum Gasteiger partial charge on any atom is 0.119 e. The highest BCUT2D eigenvalue weighted by Gasteiger charge is 2.22. The molecule has 1 fully saturated rings. The molecular weight excluding hydrogens is 260 g/mol. The Balaban J connectivity index is 1.78. The zero-order valence-corrected chi connectivity index (χ0v) is 12.5. The summed E-state index contributed by atoms with van der Waals surface area (Å²) in [5, 5.41) is 3.51. The SMILES string of the molecule is COc1cccc(CC2CNCCN2c2ccccc2)c1. The van der Waals surface area contributed by atoms with Gasteiger partial charge in [-0.15, -0.1) is 0 Å². The van der Waals surface area contributed by atoms with Gasteiger partial charge in [-0.1, -0.05) is 30.3 Å². The van der Waals surface area contributed by atoms with E-state index in [0.717, 1.165) is 31.8 Å². The maximum atomic E-state index is 5.33. The summed E-state index contributed by atoms with van der Waals surface area (Å²) in [7, 11) is 1.72. The van der Waals surface area contributed by atoms with Gasteiger partial charge in [0.1, 0.15) is 5.75 Å². The highest BCUT2D eigenvalue weighted by Crippen LogP contribution is 2.21. The van der Waals surface area contributed by atoms with Crippen molar-refractivity contribution in [2.24, 2.45) is 0 Å². The van der Waals surface area contributed by atoms with E-state index < -0.39 is 0 Å². The zero-order chi connectivity index (χ0) is 14.5. The Kier molecular flexibility index (Phi) is 4.41. The number of para-hydroxylation sites is 1. The maximum absolute atomic E-state index is 5.33. The number of piperazine rings is 1. The van der Waals surface area contributed by atoms with Gasteiger partial charge in [0.15, 0.2) is 0 Å². The topological polar surface area (TPSA) is 24.5 Å². The number of hydrogen-bond donors (Lipinski definition) is 1. The number of methoxy groups -OCH3 is 1. The standard InChI is InChI=1S/C18H22N2O/c1-21-18-9-5-6-15(13-18)12-17-14-19-10-11-20(17)16-7-3-2-4-8-16/h2-9,13,17,19H,10-12,14H2,1H3. The largest absolute Gasteiger partial charge is 0.497 e. The first-order valence-electron chi connectivity index (χ1n) is 7.52. The van der Waals surface area contributed by atoms with E-state index in [1.54, 1.807) is 7.11 Å². The van der Waals surface area contributed by atoms with E-state index in [9.17, 15) is 0 Å². The zero-order valence-electron chi connectivity index (χ0n) is 12.5. The van der Waals surface area contributed by atoms with Crippen LogP contribution in [0.1, 0.15) is 5.56 Å². The van der Waals surface area contributed by atoms with Crippen LogP contribution in [0.25, 0.3) is 0 Å². The first kappa shape index (κ1) is 14.0. The fourth-order valence-electron chi connectivity index (χ4n) is 2.97. The van der Waals surface area contributed by atoms with Crippen molar-refractivity contribution in [2.45, 2.75) is 12.5 Å². The third-order valence-corrected chi connectivity index (χ3v) is 4.04. The lowest BCUT2D eigenvalue weighted by atomic mass is 10.0. The molecule has 1 atom stereocenters. The van der Waals surface area contributed by atoms with Crippen LogP contribution in [0.2, 0.25) is 0 Å². The summed E-state index contributed by atoms with van der Waals surface area (Å²) < 4.78 is 5.33. The van der Waals surface area contributed by atoms with E-state index in [1.807, 2.05) is 6.07 Å². The van der Waals surface area contributed by atoms with Crippen LogP contribution >= 0.6 is 0 Å². The lowest BCUT2D eigenvalue weighted by molar-refractivity contribution is 0.413. The van der Waals surface area contributed by atoms with Gasteiger partial charge in [-0.25, -0.2) is 0 Å². The molecule has 2 aromatic rings. The summed E-state index contributed by atoms with van der Waals surface area (Å²) in [5.41, 5.74) is 2.64. The Hall–Kier alpha value is -2.00. The van der Waals surface area contributed by atoms with E-state index in [1.165, 1.54) is 11.3 Å². The van der Waals surface area contributed by atoms with Gasteiger partial charge in [-0.3, -0.25) is 0 Å². The second kappa shape index (κ2) is 6.64. The molecule has 3 nitrogen and oxygen atoms in total. The van der Waals surface area contributed by atoms with E-state index in [2.05, 4.69) is 58.7 Å². The van der Waals surface area contributed by atoms with Gasteiger partial charge >= 0.3 is 0 Å². The predicted octanol–water partition coefficient (Wildman–Crippen LogP) is 2.72. The third kappa shape index (κ3) is 3.37. The third-order valence-electron chi connectivity index (χ3n) is 4.04. The molecule has 0 amide bonds. The fraction of sp³-hybridized carbons (Fsp3) is 0.333. The Labute approximate surface area is 126 Å². The minimum atomic E-state index is 0.480. The van der Waals surface area contributed by atoms with E-state index in [0.29, 0.717) is 6.04 Å². The number of anilines is 1. The Morgan fingerprint density at radius 3 is 2.81 bits per heavy atom. The van der Waals surface area contributed by atoms with Crippen molar-refractivity contribution < 1.29 is 4.74 Å². The molecule has 3 rings (SSSR count). The molecule has 21 heavy (non-hydrogen) atoms. The van der Waals surface area contributed by atoms with Crippen LogP contribution in [0.3, 0.4) is 0 Å². The highest BCUT2D eigenvalue weighted by molar-refractivity contribution is 5.48. The molecule has 0 saturated carbocycles. The van der Waals surface area contributed by atoms with Crippen molar-refractivity contribution >= 4 is 5.69 Å². The summed E-state index contributed by atoms with van der Waals surface area (Å²) in [4.78, 5) is 2.51. The van der Waals surface area contributed by atoms with Gasteiger partial charge in [0, 0.05) is 31.4 Å². The van der Waals surface area contributed by atoms with Crippen molar-refractivity contribution in [1.29, 1.82) is 0 Å². The Bertz CT molecular complexity index is 570. The van der Waals surface area contributed by atoms with E-state index >= 15 is 0 Å². The van der Waals surface area contributed by atoms with Crippen molar-refractivity contribution in [3.63, 3.8) is 0 Å². The average Bonchev–Trinajstić information content (AvgIpc) is 2.56. The van der Waals surface area contributed by atoms with Crippen LogP contribution in [-0.2, 0) is 6.42 Å². The smallest absolute Gasteiger partial charge is 0.119 e. The minimum Gasteiger partial charge on any atom is -0.497 e. The van der Waals surface area contributed by atoms with Gasteiger partial charge in [0.2, 0.25) is 0 Å². The predicted molar refractivity (Wildman–Crippen MR) is 87.1 cm³/mol. The number of ether oxygens (including phenoxy) is 1. The Morgan fingerprint density at radius 1 is 1.14 bits per heavy atom. The lowest BCUT2D eigenvalue weighted by Gasteiger charge is -2.38. The lowest BCUT2D eigenvalue weighted by Crippen LogP contribution is -2.52. The van der Waals surface area contributed by atoms with Crippen LogP contribution in [-0.4, -0.2) is 32.8 Å². The monoisotopic (exact) mass is 282 g/mol. The molecule has 0 aliphatic carbocycles. The van der Waals surface area contributed by atoms with Crippen LogP contribution in [0, 0.1) is 0 Å². The molecule has 1 aliphatic heterocycles. The van der Waals surface area contributed by atoms with Gasteiger partial charge in [0.25, 0.3) is 0 Å². The molecule has 1 N–H and O–H groups in total. The van der Waals surface area contributed by atoms with Gasteiger partial charge in [-0.05, 0) is 36.2 Å². The quantitative estimate of drug-likeness (QED) is 0.933. The van der Waals surface area contributed by atoms with Crippen molar-refractivity contribution in [3.8, 4) is 5.75 Å². The summed E-state index contributed by atoms with van der Waals surface area (Å²) in [6.45, 7) is 3.12. The second-order valence-corrected chi connectivity index (χ2v) is 5.44. The van der Waals surface area contributed by atoms with Gasteiger partial charge < -0.3 is 15.0 Å². The summed E-state index contributed by atoms with van der Waals surface area (Å²) in [5.74, 6) is 0.933. The van der Waals surface area contributed by atoms with Crippen LogP contribution in [0.4, 0.5) is 5.69 Å². The van der Waals surface area contributed by atoms with Crippen molar-refractivity contribution in [1.82, 2.24) is 5.32 Å². The van der Waals surface area contributed by atoms with Gasteiger partial charge in [-0.2, -0.15) is 0 Å². The number of rotatable bonds is 4. The minimum absolute atomic E-state index is 0.480. The fourth-order valence-corrected chi connectivity index (χ4v) is 2.97. The number of hydrogen-bond acceptors (Lipinski definition) is 3. The second-order valence-electron chi connectivity index (χ2n) is 5.44. The molecular formula is C18H22N2O. The van der Waals surface area contributed by atoms with Crippen LogP contribution in [0.5, 0.6) is 5.75 Å². The number of benzene rings is 2. The molecule has 2 aromatic carbocycles. The van der Waals surface area contributed by atoms with E-state index in [4.69, 9.17) is 4.74 Å². The molecule has 0 aromatic heterocycles. The molecule has 110 valence electrons. The molecule has 1 heterocycles. The highest BCUT2D eigenvalue weighted by atomic mass is 16.5. The van der Waals surface area contributed by atoms with Crippen LogP contribution < -0.4 is 15.0 Å². The number of nitrogens with zero attached hydrogens (tertiary/aromatic N) is 1. The first-order chi connectivity index (χ1) is 10.4. The first-order valence-corrected chi connectivity index (χ1v) is 7.52. The molecule has 1 saturated heterocycles. The molecule has 0 spiro atoms. The van der Waals surface area contributed by atoms with E-state index in [-0.39, 0.29) is 0 Å².